The minimum Gasteiger partial charge on any atom is -0.392 e. The number of aliphatic hydroxyl groups is 1. The molecule has 9 heteroatoms. The van der Waals surface area contributed by atoms with E-state index >= 15 is 0 Å². The van der Waals surface area contributed by atoms with Crippen molar-refractivity contribution in [1.29, 1.82) is 0 Å². The molecular formula is C14H21N3O5S. The molecule has 8 nitrogen and oxygen atoms in total. The van der Waals surface area contributed by atoms with Crippen molar-refractivity contribution in [3.63, 3.8) is 0 Å². The van der Waals surface area contributed by atoms with Crippen LogP contribution in [0, 0.1) is 10.1 Å². The molecule has 0 saturated carbocycles. The van der Waals surface area contributed by atoms with Gasteiger partial charge in [-0.3, -0.25) is 15.0 Å². The number of aliphatic hydroxyl groups excluding tert-OH is 1. The molecule has 128 valence electrons. The molecule has 1 aromatic carbocycles. The zero-order chi connectivity index (χ0) is 17.2. The SMILES string of the molecule is C[C@H](O)CN1CCN(c2ccc(S(C)(=O)=O)c([N+](=O)[O-])c2)CC1. The maximum absolute atomic E-state index is 11.6. The number of nitrogens with zero attached hydrogens (tertiary/aromatic N) is 3. The van der Waals surface area contributed by atoms with Crippen LogP contribution in [-0.4, -0.2) is 68.4 Å². The lowest BCUT2D eigenvalue weighted by Gasteiger charge is -2.36. The summed E-state index contributed by atoms with van der Waals surface area (Å²) in [6.07, 6.45) is 0.570. The molecule has 1 atom stereocenters. The molecule has 1 N–H and O–H groups in total. The smallest absolute Gasteiger partial charge is 0.290 e. The molecule has 0 spiro atoms. The monoisotopic (exact) mass is 343 g/mol. The molecule has 1 aliphatic heterocycles. The Hall–Kier alpha value is -1.71. The van der Waals surface area contributed by atoms with Crippen molar-refractivity contribution in [3.8, 4) is 0 Å². The van der Waals surface area contributed by atoms with Crippen molar-refractivity contribution in [1.82, 2.24) is 4.90 Å². The Morgan fingerprint density at radius 1 is 1.30 bits per heavy atom. The molecule has 0 bridgehead atoms. The zero-order valence-electron chi connectivity index (χ0n) is 13.2. The van der Waals surface area contributed by atoms with E-state index in [0.29, 0.717) is 25.3 Å². The van der Waals surface area contributed by atoms with Crippen LogP contribution in [0.3, 0.4) is 0 Å². The molecule has 0 unspecified atom stereocenters. The van der Waals surface area contributed by atoms with Crippen molar-refractivity contribution in [3.05, 3.63) is 28.3 Å². The molecule has 0 radical (unpaired) electrons. The fourth-order valence-electron chi connectivity index (χ4n) is 2.72. The van der Waals surface area contributed by atoms with Crippen LogP contribution in [0.4, 0.5) is 11.4 Å². The maximum Gasteiger partial charge on any atom is 0.290 e. The predicted molar refractivity (Wildman–Crippen MR) is 86.5 cm³/mol. The van der Waals surface area contributed by atoms with Gasteiger partial charge in [0.1, 0.15) is 4.90 Å². The lowest BCUT2D eigenvalue weighted by Crippen LogP contribution is -2.48. The predicted octanol–water partition coefficient (Wildman–Crippen LogP) is 0.501. The van der Waals surface area contributed by atoms with Gasteiger partial charge >= 0.3 is 0 Å². The number of hydrogen-bond acceptors (Lipinski definition) is 7. The summed E-state index contributed by atoms with van der Waals surface area (Å²) in [6, 6.07) is 4.22. The van der Waals surface area contributed by atoms with E-state index in [2.05, 4.69) is 4.90 Å². The normalized spacial score (nSPS) is 18.0. The third-order valence-corrected chi connectivity index (χ3v) is 4.94. The van der Waals surface area contributed by atoms with E-state index in [9.17, 15) is 23.6 Å². The van der Waals surface area contributed by atoms with E-state index in [1.54, 1.807) is 13.0 Å². The second-order valence-electron chi connectivity index (χ2n) is 5.82. The quantitative estimate of drug-likeness (QED) is 0.613. The summed E-state index contributed by atoms with van der Waals surface area (Å²) in [5.41, 5.74) is 0.247. The van der Waals surface area contributed by atoms with Crippen molar-refractivity contribution in [2.75, 3.05) is 43.9 Å². The summed E-state index contributed by atoms with van der Waals surface area (Å²) < 4.78 is 23.3. The Balaban J connectivity index is 2.19. The van der Waals surface area contributed by atoms with Gasteiger partial charge in [-0.1, -0.05) is 0 Å². The molecule has 1 aliphatic rings. The minimum absolute atomic E-state index is 0.265. The van der Waals surface area contributed by atoms with Crippen LogP contribution in [0.15, 0.2) is 23.1 Å². The number of anilines is 1. The summed E-state index contributed by atoms with van der Waals surface area (Å²) in [5, 5.41) is 20.6. The lowest BCUT2D eigenvalue weighted by molar-refractivity contribution is -0.387. The third kappa shape index (κ3) is 4.40. The summed E-state index contributed by atoms with van der Waals surface area (Å²) >= 11 is 0. The number of hydrogen-bond donors (Lipinski definition) is 1. The van der Waals surface area contributed by atoms with Crippen LogP contribution in [0.25, 0.3) is 0 Å². The Morgan fingerprint density at radius 3 is 2.39 bits per heavy atom. The van der Waals surface area contributed by atoms with Gasteiger partial charge < -0.3 is 10.0 Å². The van der Waals surface area contributed by atoms with Gasteiger partial charge in [0.05, 0.1) is 11.0 Å². The molecule has 0 aliphatic carbocycles. The van der Waals surface area contributed by atoms with Crippen LogP contribution >= 0.6 is 0 Å². The van der Waals surface area contributed by atoms with Crippen LogP contribution in [-0.2, 0) is 9.84 Å². The third-order valence-electron chi connectivity index (χ3n) is 3.80. The second kappa shape index (κ2) is 6.81. The van der Waals surface area contributed by atoms with Crippen molar-refractivity contribution in [2.24, 2.45) is 0 Å². The molecule has 1 aromatic rings. The molecule has 0 aromatic heterocycles. The van der Waals surface area contributed by atoms with E-state index in [4.69, 9.17) is 0 Å². The lowest BCUT2D eigenvalue weighted by atomic mass is 10.2. The molecule has 1 heterocycles. The molecular weight excluding hydrogens is 322 g/mol. The zero-order valence-corrected chi connectivity index (χ0v) is 14.0. The average Bonchev–Trinajstić information content (AvgIpc) is 2.46. The highest BCUT2D eigenvalue weighted by molar-refractivity contribution is 7.90. The van der Waals surface area contributed by atoms with E-state index in [1.807, 2.05) is 4.90 Å². The highest BCUT2D eigenvalue weighted by atomic mass is 32.2. The van der Waals surface area contributed by atoms with Gasteiger partial charge in [-0.25, -0.2) is 8.42 Å². The van der Waals surface area contributed by atoms with Gasteiger partial charge in [-0.05, 0) is 19.1 Å². The first-order chi connectivity index (χ1) is 10.7. The van der Waals surface area contributed by atoms with E-state index < -0.39 is 26.6 Å². The van der Waals surface area contributed by atoms with E-state index in [0.717, 1.165) is 19.3 Å². The summed E-state index contributed by atoms with van der Waals surface area (Å²) in [6.45, 7) is 5.16. The number of piperazine rings is 1. The highest BCUT2D eigenvalue weighted by Gasteiger charge is 2.25. The molecule has 0 amide bonds. The number of rotatable bonds is 5. The Kier molecular flexibility index (Phi) is 5.23. The number of nitro groups is 1. The molecule has 2 rings (SSSR count). The Bertz CT molecular complexity index is 682. The number of sulfone groups is 1. The average molecular weight is 343 g/mol. The first-order valence-electron chi connectivity index (χ1n) is 7.32. The summed E-state index contributed by atoms with van der Waals surface area (Å²) in [4.78, 5) is 14.3. The van der Waals surface area contributed by atoms with Crippen molar-refractivity contribution < 1.29 is 18.4 Å². The fourth-order valence-corrected chi connectivity index (χ4v) is 3.55. The molecule has 23 heavy (non-hydrogen) atoms. The van der Waals surface area contributed by atoms with Gasteiger partial charge in [0.15, 0.2) is 9.84 Å². The Morgan fingerprint density at radius 2 is 1.91 bits per heavy atom. The number of benzene rings is 1. The number of nitro benzene ring substituents is 1. The Labute approximate surface area is 135 Å². The first-order valence-corrected chi connectivity index (χ1v) is 9.21. The number of β-amino-alcohol motifs (C(OH)–C–C–N with tert-alkyl or cyclic N) is 1. The van der Waals surface area contributed by atoms with E-state index in [1.165, 1.54) is 12.1 Å². The maximum atomic E-state index is 11.6. The largest absolute Gasteiger partial charge is 0.392 e. The second-order valence-corrected chi connectivity index (χ2v) is 7.80. The van der Waals surface area contributed by atoms with Gasteiger partial charge in [-0.2, -0.15) is 0 Å². The van der Waals surface area contributed by atoms with Crippen LogP contribution < -0.4 is 4.90 Å². The fraction of sp³-hybridized carbons (Fsp3) is 0.571. The van der Waals surface area contributed by atoms with Crippen LogP contribution in [0.5, 0.6) is 0 Å². The summed E-state index contributed by atoms with van der Waals surface area (Å²) in [7, 11) is -3.64. The first kappa shape index (κ1) is 17.6. The van der Waals surface area contributed by atoms with Gasteiger partial charge in [-0.15, -0.1) is 0 Å². The van der Waals surface area contributed by atoms with Crippen molar-refractivity contribution in [2.45, 2.75) is 17.9 Å². The van der Waals surface area contributed by atoms with Gasteiger partial charge in [0, 0.05) is 50.7 Å². The van der Waals surface area contributed by atoms with Crippen LogP contribution in [0.2, 0.25) is 0 Å². The minimum atomic E-state index is -3.64. The van der Waals surface area contributed by atoms with E-state index in [-0.39, 0.29) is 4.90 Å². The molecule has 1 saturated heterocycles. The van der Waals surface area contributed by atoms with Gasteiger partial charge in [0.25, 0.3) is 5.69 Å². The van der Waals surface area contributed by atoms with Crippen LogP contribution in [0.1, 0.15) is 6.92 Å². The van der Waals surface area contributed by atoms with Crippen molar-refractivity contribution >= 4 is 21.2 Å². The van der Waals surface area contributed by atoms with Gasteiger partial charge in [0.2, 0.25) is 0 Å². The summed E-state index contributed by atoms with van der Waals surface area (Å²) in [5.74, 6) is 0. The topological polar surface area (TPSA) is 104 Å². The highest BCUT2D eigenvalue weighted by Crippen LogP contribution is 2.29. The standard InChI is InChI=1S/C14H21N3O5S/c1-11(18)10-15-5-7-16(8-6-15)12-3-4-14(23(2,21)22)13(9-12)17(19)20/h3-4,9,11,18H,5-8,10H2,1-2H3/t11-/m0/s1. The molecule has 1 fully saturated rings.